The van der Waals surface area contributed by atoms with Crippen LogP contribution in [0.4, 0.5) is 0 Å². The minimum absolute atomic E-state index is 0.193. The van der Waals surface area contributed by atoms with Crippen LogP contribution in [0, 0.1) is 6.92 Å². The molecule has 1 unspecified atom stereocenters. The van der Waals surface area contributed by atoms with E-state index in [9.17, 15) is 9.59 Å². The first-order valence-electron chi connectivity index (χ1n) is 8.98. The van der Waals surface area contributed by atoms with Crippen molar-refractivity contribution in [3.8, 4) is 11.5 Å². The van der Waals surface area contributed by atoms with Crippen molar-refractivity contribution in [2.24, 2.45) is 0 Å². The van der Waals surface area contributed by atoms with Crippen LogP contribution in [0.5, 0.6) is 11.5 Å². The molecule has 0 spiro atoms. The number of aryl methyl sites for hydroxylation is 1. The molecular weight excluding hydrogens is 344 g/mol. The SMILES string of the molecule is CCC(C)c1ccc(OCC(=O)NNC(=O)COc2cccc(C)c2)cc1. The third kappa shape index (κ3) is 7.01. The van der Waals surface area contributed by atoms with E-state index < -0.39 is 11.8 Å². The summed E-state index contributed by atoms with van der Waals surface area (Å²) < 4.78 is 10.8. The summed E-state index contributed by atoms with van der Waals surface area (Å²) in [6.07, 6.45) is 1.07. The molecule has 2 amide bonds. The summed E-state index contributed by atoms with van der Waals surface area (Å²) in [5.41, 5.74) is 6.86. The molecular formula is C21H26N2O4. The second kappa shape index (κ2) is 10.2. The van der Waals surface area contributed by atoms with Crippen LogP contribution in [-0.2, 0) is 9.59 Å². The zero-order valence-corrected chi connectivity index (χ0v) is 16.0. The molecule has 0 heterocycles. The predicted octanol–water partition coefficient (Wildman–Crippen LogP) is 3.11. The first-order valence-corrected chi connectivity index (χ1v) is 8.98. The molecule has 0 aromatic heterocycles. The lowest BCUT2D eigenvalue weighted by atomic mass is 9.99. The molecule has 0 fully saturated rings. The smallest absolute Gasteiger partial charge is 0.276 e. The maximum absolute atomic E-state index is 11.8. The molecule has 2 rings (SSSR count). The highest BCUT2D eigenvalue weighted by atomic mass is 16.5. The third-order valence-corrected chi connectivity index (χ3v) is 4.13. The molecule has 0 radical (unpaired) electrons. The Kier molecular flexibility index (Phi) is 7.67. The van der Waals surface area contributed by atoms with E-state index >= 15 is 0 Å². The van der Waals surface area contributed by atoms with Crippen molar-refractivity contribution < 1.29 is 19.1 Å². The van der Waals surface area contributed by atoms with Crippen molar-refractivity contribution in [1.82, 2.24) is 10.9 Å². The van der Waals surface area contributed by atoms with Crippen molar-refractivity contribution >= 4 is 11.8 Å². The molecule has 0 aliphatic rings. The first-order chi connectivity index (χ1) is 13.0. The summed E-state index contributed by atoms with van der Waals surface area (Å²) in [5.74, 6) is 0.777. The molecule has 0 saturated carbocycles. The number of benzene rings is 2. The molecule has 6 nitrogen and oxygen atoms in total. The largest absolute Gasteiger partial charge is 0.484 e. The topological polar surface area (TPSA) is 76.7 Å². The van der Waals surface area contributed by atoms with Crippen LogP contribution in [0.15, 0.2) is 48.5 Å². The second-order valence-electron chi connectivity index (χ2n) is 6.37. The van der Waals surface area contributed by atoms with Crippen molar-refractivity contribution in [2.45, 2.75) is 33.1 Å². The molecule has 2 aromatic rings. The van der Waals surface area contributed by atoms with E-state index in [-0.39, 0.29) is 13.2 Å². The van der Waals surface area contributed by atoms with E-state index in [4.69, 9.17) is 9.47 Å². The van der Waals surface area contributed by atoms with Crippen molar-refractivity contribution in [2.75, 3.05) is 13.2 Å². The van der Waals surface area contributed by atoms with Gasteiger partial charge in [0.25, 0.3) is 11.8 Å². The summed E-state index contributed by atoms with van der Waals surface area (Å²) in [6, 6.07) is 15.0. The fourth-order valence-electron chi connectivity index (χ4n) is 2.34. The summed E-state index contributed by atoms with van der Waals surface area (Å²) in [5, 5.41) is 0. The van der Waals surface area contributed by atoms with Gasteiger partial charge in [0, 0.05) is 0 Å². The molecule has 144 valence electrons. The van der Waals surface area contributed by atoms with Crippen LogP contribution in [0.3, 0.4) is 0 Å². The standard InChI is InChI=1S/C21H26N2O4/c1-4-16(3)17-8-10-18(11-9-17)26-13-20(24)22-23-21(25)14-27-19-7-5-6-15(2)12-19/h5-12,16H,4,13-14H2,1-3H3,(H,22,24)(H,23,25). The van der Waals surface area contributed by atoms with Gasteiger partial charge in [-0.25, -0.2) is 0 Å². The molecule has 1 atom stereocenters. The van der Waals surface area contributed by atoms with Crippen molar-refractivity contribution in [3.63, 3.8) is 0 Å². The highest BCUT2D eigenvalue weighted by Crippen LogP contribution is 2.21. The predicted molar refractivity (Wildman–Crippen MR) is 104 cm³/mol. The Hall–Kier alpha value is -3.02. The quantitative estimate of drug-likeness (QED) is 0.700. The first kappa shape index (κ1) is 20.3. The number of hydrazine groups is 1. The second-order valence-corrected chi connectivity index (χ2v) is 6.37. The van der Waals surface area contributed by atoms with Crippen molar-refractivity contribution in [1.29, 1.82) is 0 Å². The van der Waals surface area contributed by atoms with E-state index in [1.54, 1.807) is 6.07 Å². The van der Waals surface area contributed by atoms with Gasteiger partial charge in [-0.2, -0.15) is 0 Å². The van der Waals surface area contributed by atoms with Crippen LogP contribution in [0.2, 0.25) is 0 Å². The van der Waals surface area contributed by atoms with Crippen LogP contribution < -0.4 is 20.3 Å². The van der Waals surface area contributed by atoms with Gasteiger partial charge in [-0.1, -0.05) is 38.1 Å². The molecule has 2 N–H and O–H groups in total. The lowest BCUT2D eigenvalue weighted by Crippen LogP contribution is -2.45. The van der Waals surface area contributed by atoms with Gasteiger partial charge in [-0.15, -0.1) is 0 Å². The molecule has 6 heteroatoms. The van der Waals surface area contributed by atoms with E-state index in [0.717, 1.165) is 12.0 Å². The summed E-state index contributed by atoms with van der Waals surface area (Å²) in [6.45, 7) is 5.85. The molecule has 0 bridgehead atoms. The van der Waals surface area contributed by atoms with Gasteiger partial charge in [0.15, 0.2) is 13.2 Å². The van der Waals surface area contributed by atoms with Gasteiger partial charge in [0.05, 0.1) is 0 Å². The lowest BCUT2D eigenvalue weighted by Gasteiger charge is -2.11. The van der Waals surface area contributed by atoms with Gasteiger partial charge in [-0.3, -0.25) is 20.4 Å². The molecule has 0 saturated heterocycles. The molecule has 0 aliphatic heterocycles. The lowest BCUT2D eigenvalue weighted by molar-refractivity contribution is -0.131. The monoisotopic (exact) mass is 370 g/mol. The molecule has 2 aromatic carbocycles. The molecule has 27 heavy (non-hydrogen) atoms. The van der Waals surface area contributed by atoms with Crippen LogP contribution in [0.1, 0.15) is 37.3 Å². The maximum Gasteiger partial charge on any atom is 0.276 e. The fraction of sp³-hybridized carbons (Fsp3) is 0.333. The zero-order valence-electron chi connectivity index (χ0n) is 16.0. The van der Waals surface area contributed by atoms with Gasteiger partial charge in [0.2, 0.25) is 0 Å². The highest BCUT2D eigenvalue weighted by molar-refractivity contribution is 5.83. The maximum atomic E-state index is 11.8. The fourth-order valence-corrected chi connectivity index (χ4v) is 2.34. The van der Waals surface area contributed by atoms with Crippen LogP contribution >= 0.6 is 0 Å². The van der Waals surface area contributed by atoms with E-state index in [0.29, 0.717) is 17.4 Å². The van der Waals surface area contributed by atoms with Gasteiger partial charge < -0.3 is 9.47 Å². The number of amides is 2. The molecule has 0 aliphatic carbocycles. The normalized spacial score (nSPS) is 11.4. The van der Waals surface area contributed by atoms with E-state index in [1.807, 2.05) is 49.4 Å². The Labute approximate surface area is 159 Å². The number of nitrogens with one attached hydrogen (secondary N) is 2. The Balaban J connectivity index is 1.67. The van der Waals surface area contributed by atoms with Crippen LogP contribution in [0.25, 0.3) is 0 Å². The minimum Gasteiger partial charge on any atom is -0.484 e. The van der Waals surface area contributed by atoms with Crippen LogP contribution in [-0.4, -0.2) is 25.0 Å². The zero-order chi connectivity index (χ0) is 19.6. The minimum atomic E-state index is -0.456. The number of ether oxygens (including phenoxy) is 2. The van der Waals surface area contributed by atoms with E-state index in [2.05, 4.69) is 24.7 Å². The Morgan fingerprint density at radius 3 is 2.07 bits per heavy atom. The Morgan fingerprint density at radius 2 is 1.52 bits per heavy atom. The van der Waals surface area contributed by atoms with Gasteiger partial charge >= 0.3 is 0 Å². The number of hydrogen-bond donors (Lipinski definition) is 2. The highest BCUT2D eigenvalue weighted by Gasteiger charge is 2.07. The number of carbonyl (C=O) groups excluding carboxylic acids is 2. The number of carbonyl (C=O) groups is 2. The summed E-state index contributed by atoms with van der Waals surface area (Å²) >= 11 is 0. The average Bonchev–Trinajstić information content (AvgIpc) is 2.69. The number of hydrogen-bond acceptors (Lipinski definition) is 4. The van der Waals surface area contributed by atoms with E-state index in [1.165, 1.54) is 5.56 Å². The van der Waals surface area contributed by atoms with Crippen molar-refractivity contribution in [3.05, 3.63) is 59.7 Å². The average molecular weight is 370 g/mol. The number of rotatable bonds is 8. The Morgan fingerprint density at radius 1 is 0.926 bits per heavy atom. The Bertz CT molecular complexity index is 759. The summed E-state index contributed by atoms with van der Waals surface area (Å²) in [4.78, 5) is 23.5. The van der Waals surface area contributed by atoms with Gasteiger partial charge in [-0.05, 0) is 54.7 Å². The third-order valence-electron chi connectivity index (χ3n) is 4.13. The van der Waals surface area contributed by atoms with Gasteiger partial charge in [0.1, 0.15) is 11.5 Å². The summed E-state index contributed by atoms with van der Waals surface area (Å²) in [7, 11) is 0.